The second kappa shape index (κ2) is 8.89. The second-order valence-electron chi connectivity index (χ2n) is 6.15. The molecule has 0 unspecified atom stereocenters. The number of hydrogen-bond donors (Lipinski definition) is 2. The van der Waals surface area contributed by atoms with Crippen molar-refractivity contribution in [3.8, 4) is 0 Å². The zero-order chi connectivity index (χ0) is 18.3. The quantitative estimate of drug-likeness (QED) is 0.373. The molecule has 0 radical (unpaired) electrons. The monoisotopic (exact) mass is 358 g/mol. The van der Waals surface area contributed by atoms with Gasteiger partial charge in [-0.05, 0) is 43.4 Å². The lowest BCUT2D eigenvalue weighted by Crippen LogP contribution is -2.31. The van der Waals surface area contributed by atoms with Crippen LogP contribution in [0.5, 0.6) is 0 Å². The highest BCUT2D eigenvalue weighted by atomic mass is 32.2. The van der Waals surface area contributed by atoms with Crippen LogP contribution in [-0.4, -0.2) is 43.4 Å². The van der Waals surface area contributed by atoms with E-state index in [1.807, 2.05) is 4.72 Å². The fraction of sp³-hybridized carbons (Fsp3) is 0.562. The van der Waals surface area contributed by atoms with Crippen molar-refractivity contribution in [1.29, 1.82) is 0 Å². The standard InChI is InChI=1S/C16H26N2O5S/c1-12(2)6-5-9-23-14(4)7-8-15(19)13(3)10-18-11-16(20)17-24(18,21)22/h7-8,12,19H,4-6,9-11H2,1-3H3,(H,17,20)/b8-7-,15-13-. The van der Waals surface area contributed by atoms with Gasteiger partial charge in [0.25, 0.3) is 0 Å². The molecule has 136 valence electrons. The van der Waals surface area contributed by atoms with Gasteiger partial charge in [0.15, 0.2) is 0 Å². The summed E-state index contributed by atoms with van der Waals surface area (Å²) in [5.41, 5.74) is 0.416. The number of carbonyl (C=O) groups excluding carboxylic acids is 1. The van der Waals surface area contributed by atoms with Crippen LogP contribution >= 0.6 is 0 Å². The van der Waals surface area contributed by atoms with Gasteiger partial charge >= 0.3 is 10.2 Å². The molecule has 7 nitrogen and oxygen atoms in total. The lowest BCUT2D eigenvalue weighted by atomic mass is 10.1. The molecular formula is C16H26N2O5S. The Bertz CT molecular complexity index is 635. The fourth-order valence-corrected chi connectivity index (χ4v) is 3.16. The molecule has 1 saturated heterocycles. The van der Waals surface area contributed by atoms with Crippen molar-refractivity contribution >= 4 is 16.1 Å². The van der Waals surface area contributed by atoms with Crippen LogP contribution in [0.4, 0.5) is 0 Å². The van der Waals surface area contributed by atoms with Crippen LogP contribution in [0.25, 0.3) is 0 Å². The molecule has 0 spiro atoms. The van der Waals surface area contributed by atoms with Gasteiger partial charge in [0.2, 0.25) is 5.91 Å². The van der Waals surface area contributed by atoms with Crippen molar-refractivity contribution in [1.82, 2.24) is 9.03 Å². The Labute approximate surface area is 143 Å². The Morgan fingerprint density at radius 2 is 2.12 bits per heavy atom. The highest BCUT2D eigenvalue weighted by Crippen LogP contribution is 2.12. The Morgan fingerprint density at radius 3 is 2.67 bits per heavy atom. The smallest absolute Gasteiger partial charge is 0.304 e. The summed E-state index contributed by atoms with van der Waals surface area (Å²) in [5, 5.41) is 9.98. The lowest BCUT2D eigenvalue weighted by molar-refractivity contribution is -0.118. The summed E-state index contributed by atoms with van der Waals surface area (Å²) >= 11 is 0. The number of nitrogens with one attached hydrogen (secondary N) is 1. The first-order valence-corrected chi connectivity index (χ1v) is 9.25. The zero-order valence-electron chi connectivity index (χ0n) is 14.4. The molecule has 0 bridgehead atoms. The van der Waals surface area contributed by atoms with Gasteiger partial charge in [-0.3, -0.25) is 4.79 Å². The van der Waals surface area contributed by atoms with Gasteiger partial charge in [0.05, 0.1) is 13.2 Å². The summed E-state index contributed by atoms with van der Waals surface area (Å²) in [5.74, 6) is 0.372. The van der Waals surface area contributed by atoms with Crippen LogP contribution in [0.15, 0.2) is 35.8 Å². The van der Waals surface area contributed by atoms with Crippen LogP contribution < -0.4 is 4.72 Å². The SMILES string of the molecule is C=C(/C=C\C(O)=C(/C)CN1CC(=O)NS1(=O)=O)OCCCC(C)C. The fourth-order valence-electron chi connectivity index (χ4n) is 2.03. The molecule has 0 atom stereocenters. The minimum atomic E-state index is -3.80. The lowest BCUT2D eigenvalue weighted by Gasteiger charge is -2.13. The molecule has 1 aliphatic rings. The van der Waals surface area contributed by atoms with E-state index in [2.05, 4.69) is 20.4 Å². The molecule has 2 N–H and O–H groups in total. The molecule has 0 saturated carbocycles. The number of nitrogens with zero attached hydrogens (tertiary/aromatic N) is 1. The Kier molecular flexibility index (Phi) is 7.50. The Hall–Kier alpha value is -1.80. The van der Waals surface area contributed by atoms with Crippen molar-refractivity contribution in [2.24, 2.45) is 5.92 Å². The van der Waals surface area contributed by atoms with E-state index >= 15 is 0 Å². The Morgan fingerprint density at radius 1 is 1.46 bits per heavy atom. The summed E-state index contributed by atoms with van der Waals surface area (Å²) < 4.78 is 31.5. The number of allylic oxidation sites excluding steroid dienone is 2. The van der Waals surface area contributed by atoms with E-state index in [4.69, 9.17) is 4.74 Å². The molecule has 1 amide bonds. The van der Waals surface area contributed by atoms with E-state index in [-0.39, 0.29) is 18.8 Å². The predicted octanol–water partition coefficient (Wildman–Crippen LogP) is 2.02. The van der Waals surface area contributed by atoms with Gasteiger partial charge in [-0.15, -0.1) is 0 Å². The molecular weight excluding hydrogens is 332 g/mol. The molecule has 24 heavy (non-hydrogen) atoms. The van der Waals surface area contributed by atoms with Crippen molar-refractivity contribution < 1.29 is 23.1 Å². The van der Waals surface area contributed by atoms with E-state index in [0.29, 0.717) is 23.9 Å². The van der Waals surface area contributed by atoms with Crippen LogP contribution in [0.3, 0.4) is 0 Å². The Balaban J connectivity index is 2.52. The minimum absolute atomic E-state index is 0.0705. The number of hydrogen-bond acceptors (Lipinski definition) is 5. The van der Waals surface area contributed by atoms with Crippen LogP contribution in [0.1, 0.15) is 33.6 Å². The van der Waals surface area contributed by atoms with Gasteiger partial charge in [-0.2, -0.15) is 12.7 Å². The molecule has 0 aromatic rings. The molecule has 8 heteroatoms. The average molecular weight is 358 g/mol. The van der Waals surface area contributed by atoms with Crippen molar-refractivity contribution in [3.05, 3.63) is 35.8 Å². The maximum atomic E-state index is 11.6. The number of amides is 1. The largest absolute Gasteiger partial charge is 0.508 e. The summed E-state index contributed by atoms with van der Waals surface area (Å²) in [4.78, 5) is 11.2. The summed E-state index contributed by atoms with van der Waals surface area (Å²) in [6.45, 7) is 9.85. The van der Waals surface area contributed by atoms with Crippen LogP contribution in [-0.2, 0) is 19.7 Å². The summed E-state index contributed by atoms with van der Waals surface area (Å²) in [7, 11) is -3.80. The number of aliphatic hydroxyl groups excluding tert-OH is 1. The number of ether oxygens (including phenoxy) is 1. The summed E-state index contributed by atoms with van der Waals surface area (Å²) in [6.07, 6.45) is 4.92. The molecule has 1 aliphatic heterocycles. The third-order valence-corrected chi connectivity index (χ3v) is 4.82. The molecule has 1 heterocycles. The first-order valence-electron chi connectivity index (χ1n) is 7.81. The zero-order valence-corrected chi connectivity index (χ0v) is 15.2. The third-order valence-electron chi connectivity index (χ3n) is 3.39. The van der Waals surface area contributed by atoms with E-state index in [1.165, 1.54) is 12.2 Å². The maximum absolute atomic E-state index is 11.6. The van der Waals surface area contributed by atoms with Crippen molar-refractivity contribution in [3.63, 3.8) is 0 Å². The molecule has 1 rings (SSSR count). The van der Waals surface area contributed by atoms with E-state index in [1.54, 1.807) is 6.92 Å². The van der Waals surface area contributed by atoms with Crippen molar-refractivity contribution in [2.75, 3.05) is 19.7 Å². The molecule has 0 aliphatic carbocycles. The van der Waals surface area contributed by atoms with Crippen LogP contribution in [0, 0.1) is 5.92 Å². The number of rotatable bonds is 9. The van der Waals surface area contributed by atoms with Gasteiger partial charge in [-0.25, -0.2) is 4.72 Å². The first kappa shape index (κ1) is 20.2. The number of aliphatic hydroxyl groups is 1. The normalized spacial score (nSPS) is 18.8. The highest BCUT2D eigenvalue weighted by molar-refractivity contribution is 7.88. The molecule has 0 aromatic heterocycles. The van der Waals surface area contributed by atoms with E-state index in [9.17, 15) is 18.3 Å². The molecule has 1 fully saturated rings. The first-order chi connectivity index (χ1) is 11.1. The molecule has 0 aromatic carbocycles. The van der Waals surface area contributed by atoms with Crippen LogP contribution in [0.2, 0.25) is 0 Å². The minimum Gasteiger partial charge on any atom is -0.508 e. The van der Waals surface area contributed by atoms with Gasteiger partial charge in [0.1, 0.15) is 11.5 Å². The third kappa shape index (κ3) is 6.76. The topological polar surface area (TPSA) is 95.9 Å². The second-order valence-corrected chi connectivity index (χ2v) is 7.82. The number of carbonyl (C=O) groups is 1. The van der Waals surface area contributed by atoms with Gasteiger partial charge < -0.3 is 9.84 Å². The van der Waals surface area contributed by atoms with Gasteiger partial charge in [0, 0.05) is 6.54 Å². The summed E-state index contributed by atoms with van der Waals surface area (Å²) in [6, 6.07) is 0. The van der Waals surface area contributed by atoms with Gasteiger partial charge in [-0.1, -0.05) is 20.4 Å². The van der Waals surface area contributed by atoms with Crippen molar-refractivity contribution in [2.45, 2.75) is 33.6 Å². The van der Waals surface area contributed by atoms with E-state index in [0.717, 1.165) is 17.1 Å². The average Bonchev–Trinajstić information content (AvgIpc) is 2.72. The maximum Gasteiger partial charge on any atom is 0.304 e. The van der Waals surface area contributed by atoms with E-state index < -0.39 is 16.1 Å². The predicted molar refractivity (Wildman–Crippen MR) is 92.3 cm³/mol. The highest BCUT2D eigenvalue weighted by Gasteiger charge is 2.33.